The molecule has 0 radical (unpaired) electrons. The van der Waals surface area contributed by atoms with Crippen LogP contribution in [-0.2, 0) is 20.7 Å². The number of hydrogen-bond acceptors (Lipinski definition) is 14. The second-order valence-electron chi connectivity index (χ2n) is 18.1. The molecule has 384 valence electrons. The van der Waals surface area contributed by atoms with Crippen molar-refractivity contribution in [2.24, 2.45) is 0 Å². The minimum atomic E-state index is -0.643. The second kappa shape index (κ2) is 24.2. The van der Waals surface area contributed by atoms with Gasteiger partial charge in [-0.25, -0.2) is 13.8 Å². The summed E-state index contributed by atoms with van der Waals surface area (Å²) in [6, 6.07) is 19.8. The molecule has 2 fully saturated rings. The van der Waals surface area contributed by atoms with Gasteiger partial charge in [-0.2, -0.15) is 5.10 Å². The van der Waals surface area contributed by atoms with Gasteiger partial charge in [-0.3, -0.25) is 44.6 Å². The number of thiazole rings is 1. The van der Waals surface area contributed by atoms with Crippen LogP contribution in [0.1, 0.15) is 83.0 Å². The number of rotatable bonds is 21. The van der Waals surface area contributed by atoms with Gasteiger partial charge in [0.15, 0.2) is 10.9 Å². The van der Waals surface area contributed by atoms with Crippen LogP contribution in [0.4, 0.5) is 47.5 Å². The number of aromatic nitrogens is 3. The maximum atomic E-state index is 14.0. The number of benzene rings is 4. The first kappa shape index (κ1) is 51.8. The lowest BCUT2D eigenvalue weighted by Crippen LogP contribution is -2.49. The minimum Gasteiger partial charge on any atom is -0.385 e. The summed E-state index contributed by atoms with van der Waals surface area (Å²) in [5.74, 6) is -2.23. The summed E-state index contributed by atoms with van der Waals surface area (Å²) >= 11 is 0.759. The Morgan fingerprint density at radius 2 is 1.53 bits per heavy atom. The van der Waals surface area contributed by atoms with Crippen LogP contribution in [0.5, 0.6) is 0 Å². The van der Waals surface area contributed by atoms with Crippen LogP contribution in [-0.4, -0.2) is 114 Å². The SMILES string of the molecule is CC(=O)Nc1cc(NCCCCCCNC(=O)CN2CCN(c3ccc(C(=O)Nc4n[nH]c5ccc(Cc6cc(F)cc(F)c6)cc45)c(NC4CCOCC4)c3)CC2)ccc1C(=O)Nc1nc(C)c([N+](=O)[O-])s1. The summed E-state index contributed by atoms with van der Waals surface area (Å²) in [6.45, 7) is 8.38. The number of anilines is 6. The maximum Gasteiger partial charge on any atom is 0.348 e. The van der Waals surface area contributed by atoms with Gasteiger partial charge in [0.2, 0.25) is 11.8 Å². The molecule has 0 aliphatic carbocycles. The number of aromatic amines is 1. The third-order valence-corrected chi connectivity index (χ3v) is 13.6. The molecule has 2 aliphatic heterocycles. The quantitative estimate of drug-likeness (QED) is 0.0205. The van der Waals surface area contributed by atoms with Crippen LogP contribution >= 0.6 is 11.3 Å². The summed E-state index contributed by atoms with van der Waals surface area (Å²) < 4.78 is 33.4. The van der Waals surface area contributed by atoms with E-state index in [1.165, 1.54) is 26.0 Å². The number of halogens is 2. The zero-order chi connectivity index (χ0) is 51.4. The Morgan fingerprint density at radius 3 is 2.26 bits per heavy atom. The number of ether oxygens (including phenoxy) is 1. The van der Waals surface area contributed by atoms with Gasteiger partial charge in [0.25, 0.3) is 11.8 Å². The van der Waals surface area contributed by atoms with Crippen LogP contribution in [0.25, 0.3) is 10.9 Å². The van der Waals surface area contributed by atoms with Gasteiger partial charge in [-0.1, -0.05) is 18.9 Å². The smallest absolute Gasteiger partial charge is 0.348 e. The number of nitrogens with zero attached hydrogens (tertiary/aromatic N) is 5. The van der Waals surface area contributed by atoms with Gasteiger partial charge < -0.3 is 36.2 Å². The summed E-state index contributed by atoms with van der Waals surface area (Å²) in [4.78, 5) is 71.1. The number of aryl methyl sites for hydroxylation is 1. The molecule has 0 atom stereocenters. The molecule has 22 heteroatoms. The van der Waals surface area contributed by atoms with Crippen LogP contribution < -0.4 is 36.8 Å². The van der Waals surface area contributed by atoms with Crippen molar-refractivity contribution in [3.8, 4) is 0 Å². The first-order chi connectivity index (χ1) is 35.2. The monoisotopic (exact) mass is 1020 g/mol. The Hall–Kier alpha value is -7.56. The summed E-state index contributed by atoms with van der Waals surface area (Å²) in [5.41, 5.74) is 5.48. The molecule has 8 rings (SSSR count). The fourth-order valence-corrected chi connectivity index (χ4v) is 9.68. The minimum absolute atomic E-state index is 0.0218. The van der Waals surface area contributed by atoms with E-state index in [1.54, 1.807) is 18.2 Å². The fraction of sp³-hybridized carbons (Fsp3) is 0.373. The Kier molecular flexibility index (Phi) is 17.2. The largest absolute Gasteiger partial charge is 0.385 e. The van der Waals surface area contributed by atoms with E-state index in [9.17, 15) is 38.1 Å². The molecule has 0 bridgehead atoms. The first-order valence-electron chi connectivity index (χ1n) is 24.3. The predicted molar refractivity (Wildman–Crippen MR) is 278 cm³/mol. The van der Waals surface area contributed by atoms with Crippen LogP contribution in [0.3, 0.4) is 0 Å². The number of nitrogens with one attached hydrogen (secondary N) is 7. The number of carbonyl (C=O) groups excluding carboxylic acids is 4. The Morgan fingerprint density at radius 1 is 0.822 bits per heavy atom. The van der Waals surface area contributed by atoms with Crippen molar-refractivity contribution in [2.45, 2.75) is 64.8 Å². The zero-order valence-corrected chi connectivity index (χ0v) is 41.4. The van der Waals surface area contributed by atoms with E-state index in [1.807, 2.05) is 36.4 Å². The van der Waals surface area contributed by atoms with Gasteiger partial charge in [0, 0.05) is 94.0 Å². The molecule has 6 aromatic rings. The molecule has 2 saturated heterocycles. The maximum absolute atomic E-state index is 14.0. The van der Waals surface area contributed by atoms with Crippen molar-refractivity contribution in [3.05, 3.63) is 122 Å². The molecular weight excluding hydrogens is 963 g/mol. The molecule has 73 heavy (non-hydrogen) atoms. The standard InChI is InChI=1S/C51H58F2N12O7S/c1-31-50(65(70)71)73-51(56-31)60-49(69)40-10-8-38(28-44(40)57-32(2)66)54-15-5-3-4-6-16-55-46(67)30-63-17-19-64(20-18-63)39-9-11-41(45(29-39)58-37-13-21-72-22-14-37)48(68)59-47-42-26-33(7-12-43(42)61-62-47)23-34-24-35(52)27-36(53)25-34/h7-12,24-29,37,54,58H,3-6,13-23,30H2,1-2H3,(H,55,67)(H,57,66)(H,56,60,69)(H2,59,61,62,68). The number of fused-ring (bicyclic) bond motifs is 1. The van der Waals surface area contributed by atoms with E-state index in [0.717, 1.165) is 67.2 Å². The van der Waals surface area contributed by atoms with Crippen LogP contribution in [0.2, 0.25) is 0 Å². The van der Waals surface area contributed by atoms with Crippen molar-refractivity contribution >= 4 is 84.6 Å². The summed E-state index contributed by atoms with van der Waals surface area (Å²) in [7, 11) is 0. The van der Waals surface area contributed by atoms with Crippen molar-refractivity contribution in [1.29, 1.82) is 0 Å². The van der Waals surface area contributed by atoms with E-state index in [2.05, 4.69) is 56.9 Å². The van der Waals surface area contributed by atoms with Gasteiger partial charge in [0.05, 0.1) is 33.8 Å². The number of carbonyl (C=O) groups is 4. The summed E-state index contributed by atoms with van der Waals surface area (Å²) in [5, 5.41) is 37.4. The fourth-order valence-electron chi connectivity index (χ4n) is 8.91. The van der Waals surface area contributed by atoms with Crippen LogP contribution in [0.15, 0.2) is 72.8 Å². The summed E-state index contributed by atoms with van der Waals surface area (Å²) in [6.07, 6.45) is 5.42. The highest BCUT2D eigenvalue weighted by molar-refractivity contribution is 7.19. The normalized spacial score (nSPS) is 14.2. The molecule has 4 heterocycles. The molecule has 0 unspecified atom stereocenters. The van der Waals surface area contributed by atoms with E-state index in [0.29, 0.717) is 105 Å². The number of hydrogen-bond donors (Lipinski definition) is 7. The zero-order valence-electron chi connectivity index (χ0n) is 40.6. The molecular formula is C51H58F2N12O7S. The van der Waals surface area contributed by atoms with E-state index in [-0.39, 0.29) is 50.8 Å². The number of H-pyrrole nitrogens is 1. The lowest BCUT2D eigenvalue weighted by Gasteiger charge is -2.36. The van der Waals surface area contributed by atoms with Crippen molar-refractivity contribution in [3.63, 3.8) is 0 Å². The highest BCUT2D eigenvalue weighted by atomic mass is 32.1. The third-order valence-electron chi connectivity index (χ3n) is 12.6. The van der Waals surface area contributed by atoms with Crippen molar-refractivity contribution in [1.82, 2.24) is 25.4 Å². The first-order valence-corrected chi connectivity index (χ1v) is 25.1. The van der Waals surface area contributed by atoms with Crippen LogP contribution in [0, 0.1) is 28.7 Å². The molecule has 2 aromatic heterocycles. The predicted octanol–water partition coefficient (Wildman–Crippen LogP) is 8.07. The topological polar surface area (TPSA) is 241 Å². The second-order valence-corrected chi connectivity index (χ2v) is 19.1. The highest BCUT2D eigenvalue weighted by Crippen LogP contribution is 2.32. The van der Waals surface area contributed by atoms with Crippen molar-refractivity contribution < 1.29 is 37.6 Å². The average Bonchev–Trinajstić information content (AvgIpc) is 3.93. The average molecular weight is 1020 g/mol. The molecule has 4 aromatic carbocycles. The van der Waals surface area contributed by atoms with E-state index >= 15 is 0 Å². The molecule has 0 spiro atoms. The molecule has 19 nitrogen and oxygen atoms in total. The Bertz CT molecular complexity index is 2950. The van der Waals surface area contributed by atoms with E-state index in [4.69, 9.17) is 4.74 Å². The number of piperazine rings is 1. The third kappa shape index (κ3) is 14.1. The van der Waals surface area contributed by atoms with Gasteiger partial charge in [-0.05, 0) is 122 Å². The van der Waals surface area contributed by atoms with Gasteiger partial charge >= 0.3 is 5.00 Å². The van der Waals surface area contributed by atoms with E-state index < -0.39 is 22.5 Å². The molecule has 0 saturated carbocycles. The lowest BCUT2D eigenvalue weighted by molar-refractivity contribution is -0.380. The number of amides is 4. The molecule has 7 N–H and O–H groups in total. The number of unbranched alkanes of at least 4 members (excludes halogenated alkanes) is 3. The molecule has 4 amide bonds. The van der Waals surface area contributed by atoms with Gasteiger partial charge in [0.1, 0.15) is 17.3 Å². The lowest BCUT2D eigenvalue weighted by atomic mass is 10.0. The molecule has 2 aliphatic rings. The Balaban J connectivity index is 0.770. The number of nitro groups is 1. The Labute approximate surface area is 424 Å². The highest BCUT2D eigenvalue weighted by Gasteiger charge is 2.25. The van der Waals surface area contributed by atoms with Crippen molar-refractivity contribution in [2.75, 3.05) is 90.5 Å². The van der Waals surface area contributed by atoms with Gasteiger partial charge in [-0.15, -0.1) is 0 Å².